The van der Waals surface area contributed by atoms with Gasteiger partial charge in [0.15, 0.2) is 0 Å². The first-order valence-corrected chi connectivity index (χ1v) is 9.62. The van der Waals surface area contributed by atoms with E-state index in [1.165, 1.54) is 4.90 Å². The fourth-order valence-electron chi connectivity index (χ4n) is 4.18. The van der Waals surface area contributed by atoms with Gasteiger partial charge in [-0.15, -0.1) is 0 Å². The molecule has 2 aliphatic carbocycles. The summed E-state index contributed by atoms with van der Waals surface area (Å²) in [5.74, 6) is 0.808. The highest BCUT2D eigenvalue weighted by Crippen LogP contribution is 2.35. The van der Waals surface area contributed by atoms with Crippen LogP contribution in [0.5, 0.6) is 5.75 Å². The molecule has 3 amide bonds. The Labute approximate surface area is 154 Å². The summed E-state index contributed by atoms with van der Waals surface area (Å²) in [4.78, 5) is 29.2. The van der Waals surface area contributed by atoms with Crippen molar-refractivity contribution in [1.29, 1.82) is 0 Å². The summed E-state index contributed by atoms with van der Waals surface area (Å²) in [5, 5.41) is 3.01. The molecule has 140 valence electrons. The zero-order valence-corrected chi connectivity index (χ0v) is 15.4. The van der Waals surface area contributed by atoms with Crippen LogP contribution >= 0.6 is 0 Å². The lowest BCUT2D eigenvalue weighted by Crippen LogP contribution is -2.49. The monoisotopic (exact) mass is 357 g/mol. The quantitative estimate of drug-likeness (QED) is 0.795. The molecule has 3 fully saturated rings. The minimum Gasteiger partial charge on any atom is -0.497 e. The van der Waals surface area contributed by atoms with Crippen molar-refractivity contribution in [3.8, 4) is 5.75 Å². The molecule has 1 aromatic rings. The molecule has 1 aromatic carbocycles. The number of nitrogens with one attached hydrogen (secondary N) is 1. The van der Waals surface area contributed by atoms with E-state index >= 15 is 0 Å². The minimum atomic E-state index is -0.634. The number of nitrogens with zero attached hydrogens (tertiary/aromatic N) is 2. The summed E-state index contributed by atoms with van der Waals surface area (Å²) in [5.41, 5.74) is 0.530. The number of rotatable bonds is 6. The van der Waals surface area contributed by atoms with Crippen molar-refractivity contribution in [2.75, 3.05) is 13.8 Å². The number of carbonyl (C=O) groups excluding carboxylic acids is 2. The van der Waals surface area contributed by atoms with Crippen LogP contribution in [0.25, 0.3) is 0 Å². The topological polar surface area (TPSA) is 61.9 Å². The fourth-order valence-corrected chi connectivity index (χ4v) is 4.18. The van der Waals surface area contributed by atoms with Crippen molar-refractivity contribution >= 4 is 11.9 Å². The Balaban J connectivity index is 1.46. The van der Waals surface area contributed by atoms with E-state index in [0.717, 1.165) is 62.8 Å². The van der Waals surface area contributed by atoms with Gasteiger partial charge in [-0.3, -0.25) is 9.69 Å². The lowest BCUT2D eigenvalue weighted by Gasteiger charge is -2.31. The van der Waals surface area contributed by atoms with Gasteiger partial charge in [0.25, 0.3) is 5.91 Å². The lowest BCUT2D eigenvalue weighted by atomic mass is 9.82. The van der Waals surface area contributed by atoms with E-state index in [-0.39, 0.29) is 11.9 Å². The van der Waals surface area contributed by atoms with E-state index in [1.807, 2.05) is 24.3 Å². The van der Waals surface area contributed by atoms with Crippen LogP contribution in [0.2, 0.25) is 0 Å². The average molecular weight is 357 g/mol. The second-order valence-electron chi connectivity index (χ2n) is 7.77. The second kappa shape index (κ2) is 6.91. The number of hydrogen-bond donors (Lipinski definition) is 1. The fraction of sp³-hybridized carbons (Fsp3) is 0.600. The standard InChI is InChI=1S/C20H27N3O3/c1-26-17-9-5-15(6-10-17)13-22(16-7-8-16)14-23-18(24)20(21-19(23)25)11-3-2-4-12-20/h5-6,9-10,16H,2-4,7-8,11-14H2,1H3,(H,21,25). The third kappa shape index (κ3) is 3.30. The summed E-state index contributed by atoms with van der Waals surface area (Å²) in [6.45, 7) is 1.11. The molecule has 0 atom stereocenters. The van der Waals surface area contributed by atoms with Crippen LogP contribution in [0.3, 0.4) is 0 Å². The van der Waals surface area contributed by atoms with Crippen molar-refractivity contribution in [2.45, 2.75) is 63.1 Å². The van der Waals surface area contributed by atoms with Crippen molar-refractivity contribution in [3.05, 3.63) is 29.8 Å². The van der Waals surface area contributed by atoms with Crippen LogP contribution in [0.15, 0.2) is 24.3 Å². The number of ether oxygens (including phenoxy) is 1. The molecule has 26 heavy (non-hydrogen) atoms. The normalized spacial score (nSPS) is 22.2. The Hall–Kier alpha value is -2.08. The SMILES string of the molecule is COc1ccc(CN(CN2C(=O)NC3(CCCCC3)C2=O)C2CC2)cc1. The molecular formula is C20H27N3O3. The molecule has 2 saturated carbocycles. The molecule has 1 aliphatic heterocycles. The van der Waals surface area contributed by atoms with Gasteiger partial charge in [0.1, 0.15) is 11.3 Å². The molecule has 3 aliphatic rings. The van der Waals surface area contributed by atoms with E-state index in [1.54, 1.807) is 7.11 Å². The smallest absolute Gasteiger partial charge is 0.326 e. The zero-order chi connectivity index (χ0) is 18.1. The summed E-state index contributed by atoms with van der Waals surface area (Å²) in [6.07, 6.45) is 6.98. The van der Waals surface area contributed by atoms with Crippen molar-refractivity contribution in [2.24, 2.45) is 0 Å². The number of carbonyl (C=O) groups is 2. The first-order valence-electron chi connectivity index (χ1n) is 9.62. The van der Waals surface area contributed by atoms with E-state index in [9.17, 15) is 9.59 Å². The van der Waals surface area contributed by atoms with Gasteiger partial charge in [-0.2, -0.15) is 0 Å². The number of benzene rings is 1. The van der Waals surface area contributed by atoms with Gasteiger partial charge in [-0.25, -0.2) is 9.69 Å². The van der Waals surface area contributed by atoms with Gasteiger partial charge in [-0.05, 0) is 43.4 Å². The highest BCUT2D eigenvalue weighted by atomic mass is 16.5. The number of methoxy groups -OCH3 is 1. The molecular weight excluding hydrogens is 330 g/mol. The molecule has 1 saturated heterocycles. The number of amides is 3. The van der Waals surface area contributed by atoms with Crippen molar-refractivity contribution < 1.29 is 14.3 Å². The van der Waals surface area contributed by atoms with Crippen molar-refractivity contribution in [3.63, 3.8) is 0 Å². The van der Waals surface area contributed by atoms with Gasteiger partial charge in [0, 0.05) is 12.6 Å². The third-order valence-corrected chi connectivity index (χ3v) is 5.88. The summed E-state index contributed by atoms with van der Waals surface area (Å²) < 4.78 is 5.21. The highest BCUT2D eigenvalue weighted by molar-refractivity contribution is 6.07. The maximum absolute atomic E-state index is 13.0. The molecule has 6 heteroatoms. The molecule has 1 spiro atoms. The van der Waals surface area contributed by atoms with E-state index in [4.69, 9.17) is 4.74 Å². The van der Waals surface area contributed by atoms with Gasteiger partial charge in [0.05, 0.1) is 13.8 Å². The van der Waals surface area contributed by atoms with E-state index in [2.05, 4.69) is 10.2 Å². The number of hydrogen-bond acceptors (Lipinski definition) is 4. The molecule has 6 nitrogen and oxygen atoms in total. The molecule has 1 N–H and O–H groups in total. The molecule has 0 unspecified atom stereocenters. The highest BCUT2D eigenvalue weighted by Gasteiger charge is 2.52. The first kappa shape index (κ1) is 17.3. The van der Waals surface area contributed by atoms with Crippen LogP contribution in [0, 0.1) is 0 Å². The summed E-state index contributed by atoms with van der Waals surface area (Å²) >= 11 is 0. The predicted octanol–water partition coefficient (Wildman–Crippen LogP) is 2.87. The Bertz CT molecular complexity index is 678. The number of urea groups is 1. The second-order valence-corrected chi connectivity index (χ2v) is 7.77. The van der Waals surface area contributed by atoms with Gasteiger partial charge in [0.2, 0.25) is 0 Å². The summed E-state index contributed by atoms with van der Waals surface area (Å²) in [6, 6.07) is 8.22. The Morgan fingerprint density at radius 3 is 2.46 bits per heavy atom. The predicted molar refractivity (Wildman–Crippen MR) is 97.6 cm³/mol. The Kier molecular flexibility index (Phi) is 4.61. The van der Waals surface area contributed by atoms with Crippen LogP contribution in [0.1, 0.15) is 50.5 Å². The van der Waals surface area contributed by atoms with Crippen LogP contribution in [0.4, 0.5) is 4.79 Å². The molecule has 1 heterocycles. The van der Waals surface area contributed by atoms with Gasteiger partial charge in [-0.1, -0.05) is 31.4 Å². The Morgan fingerprint density at radius 2 is 1.85 bits per heavy atom. The maximum Gasteiger partial charge on any atom is 0.326 e. The summed E-state index contributed by atoms with van der Waals surface area (Å²) in [7, 11) is 1.66. The van der Waals surface area contributed by atoms with Crippen LogP contribution < -0.4 is 10.1 Å². The van der Waals surface area contributed by atoms with E-state index < -0.39 is 5.54 Å². The first-order chi connectivity index (χ1) is 12.6. The molecule has 4 rings (SSSR count). The van der Waals surface area contributed by atoms with Crippen LogP contribution in [-0.2, 0) is 11.3 Å². The average Bonchev–Trinajstić information content (AvgIpc) is 3.48. The molecule has 0 radical (unpaired) electrons. The lowest BCUT2D eigenvalue weighted by molar-refractivity contribution is -0.134. The molecule has 0 aromatic heterocycles. The third-order valence-electron chi connectivity index (χ3n) is 5.88. The maximum atomic E-state index is 13.0. The zero-order valence-electron chi connectivity index (χ0n) is 15.4. The van der Waals surface area contributed by atoms with Crippen LogP contribution in [-0.4, -0.2) is 47.1 Å². The minimum absolute atomic E-state index is 0.0254. The van der Waals surface area contributed by atoms with Gasteiger partial charge >= 0.3 is 6.03 Å². The van der Waals surface area contributed by atoms with Crippen molar-refractivity contribution in [1.82, 2.24) is 15.1 Å². The Morgan fingerprint density at radius 1 is 1.15 bits per heavy atom. The number of imide groups is 1. The van der Waals surface area contributed by atoms with Gasteiger partial charge < -0.3 is 10.1 Å². The van der Waals surface area contributed by atoms with E-state index in [0.29, 0.717) is 12.7 Å². The molecule has 0 bridgehead atoms. The largest absolute Gasteiger partial charge is 0.497 e.